The number of rotatable bonds is 7. The molecule has 1 saturated heterocycles. The predicted octanol–water partition coefficient (Wildman–Crippen LogP) is 3.37. The predicted molar refractivity (Wildman–Crippen MR) is 84.6 cm³/mol. The van der Waals surface area contributed by atoms with Crippen molar-refractivity contribution < 1.29 is 0 Å². The van der Waals surface area contributed by atoms with Gasteiger partial charge in [-0.1, -0.05) is 20.8 Å². The van der Waals surface area contributed by atoms with Crippen molar-refractivity contribution in [2.45, 2.75) is 70.2 Å². The van der Waals surface area contributed by atoms with Gasteiger partial charge in [-0.2, -0.15) is 11.8 Å². The summed E-state index contributed by atoms with van der Waals surface area (Å²) in [7, 11) is 0. The molecule has 1 fully saturated rings. The van der Waals surface area contributed by atoms with E-state index in [1.165, 1.54) is 38.8 Å². The SMILES string of the molecule is CCNC1CCN(CC(CC)(CC)SC)C(C)C1. The Kier molecular flexibility index (Phi) is 7.04. The number of thioether (sulfide) groups is 1. The smallest absolute Gasteiger partial charge is 0.0279 e. The van der Waals surface area contributed by atoms with Crippen LogP contribution in [0, 0.1) is 0 Å². The van der Waals surface area contributed by atoms with Crippen LogP contribution >= 0.6 is 11.8 Å². The van der Waals surface area contributed by atoms with E-state index in [1.807, 2.05) is 0 Å². The maximum absolute atomic E-state index is 3.61. The molecule has 108 valence electrons. The molecule has 2 atom stereocenters. The molecule has 0 bridgehead atoms. The van der Waals surface area contributed by atoms with Crippen molar-refractivity contribution in [2.75, 3.05) is 25.9 Å². The van der Waals surface area contributed by atoms with Gasteiger partial charge in [-0.15, -0.1) is 0 Å². The summed E-state index contributed by atoms with van der Waals surface area (Å²) < 4.78 is 0.472. The molecule has 2 unspecified atom stereocenters. The summed E-state index contributed by atoms with van der Waals surface area (Å²) in [6.07, 6.45) is 7.47. The molecule has 0 aromatic carbocycles. The van der Waals surface area contributed by atoms with E-state index in [-0.39, 0.29) is 0 Å². The van der Waals surface area contributed by atoms with Crippen LogP contribution in [0.4, 0.5) is 0 Å². The molecule has 1 rings (SSSR count). The molecule has 1 aliphatic heterocycles. The highest BCUT2D eigenvalue weighted by Crippen LogP contribution is 2.33. The molecule has 1 heterocycles. The first kappa shape index (κ1) is 16.3. The summed E-state index contributed by atoms with van der Waals surface area (Å²) in [5, 5.41) is 3.61. The molecule has 1 aliphatic rings. The molecule has 0 aromatic rings. The molecule has 0 radical (unpaired) electrons. The largest absolute Gasteiger partial charge is 0.314 e. The summed E-state index contributed by atoms with van der Waals surface area (Å²) in [5.74, 6) is 0. The average Bonchev–Trinajstić information content (AvgIpc) is 2.39. The highest BCUT2D eigenvalue weighted by molar-refractivity contribution is 8.00. The zero-order valence-electron chi connectivity index (χ0n) is 13.0. The van der Waals surface area contributed by atoms with E-state index in [1.54, 1.807) is 0 Å². The average molecular weight is 273 g/mol. The summed E-state index contributed by atoms with van der Waals surface area (Å²) in [6.45, 7) is 12.9. The lowest BCUT2D eigenvalue weighted by atomic mass is 9.94. The van der Waals surface area contributed by atoms with Gasteiger partial charge in [0.25, 0.3) is 0 Å². The van der Waals surface area contributed by atoms with Gasteiger partial charge in [0.15, 0.2) is 0 Å². The zero-order chi connectivity index (χ0) is 13.6. The maximum Gasteiger partial charge on any atom is 0.0279 e. The Labute approximate surface area is 118 Å². The fraction of sp³-hybridized carbons (Fsp3) is 1.00. The van der Waals surface area contributed by atoms with E-state index in [9.17, 15) is 0 Å². The van der Waals surface area contributed by atoms with Gasteiger partial charge in [0.2, 0.25) is 0 Å². The van der Waals surface area contributed by atoms with Crippen molar-refractivity contribution in [3.8, 4) is 0 Å². The highest BCUT2D eigenvalue weighted by atomic mass is 32.2. The third kappa shape index (κ3) is 4.14. The van der Waals surface area contributed by atoms with Crippen molar-refractivity contribution in [1.82, 2.24) is 10.2 Å². The number of likely N-dealkylation sites (tertiary alicyclic amines) is 1. The van der Waals surface area contributed by atoms with Crippen molar-refractivity contribution in [3.05, 3.63) is 0 Å². The molecular weight excluding hydrogens is 240 g/mol. The van der Waals surface area contributed by atoms with Crippen LogP contribution in [0.15, 0.2) is 0 Å². The molecule has 0 saturated carbocycles. The molecule has 0 amide bonds. The van der Waals surface area contributed by atoms with Crippen molar-refractivity contribution in [3.63, 3.8) is 0 Å². The first-order valence-corrected chi connectivity index (χ1v) is 8.85. The van der Waals surface area contributed by atoms with Crippen LogP contribution in [0.5, 0.6) is 0 Å². The fourth-order valence-corrected chi connectivity index (χ4v) is 4.00. The zero-order valence-corrected chi connectivity index (χ0v) is 13.8. The standard InChI is InChI=1S/C15H32N2S/c1-6-15(7-2,18-5)12-17-10-9-14(16-8-3)11-13(17)4/h13-14,16H,6-12H2,1-5H3. The third-order valence-corrected chi connectivity index (χ3v) is 6.29. The Balaban J connectivity index is 2.53. The molecule has 1 N–H and O–H groups in total. The Hall–Kier alpha value is 0.270. The second-order valence-corrected chi connectivity index (χ2v) is 6.97. The van der Waals surface area contributed by atoms with Crippen LogP contribution in [-0.4, -0.2) is 47.6 Å². The maximum atomic E-state index is 3.61. The monoisotopic (exact) mass is 272 g/mol. The quantitative estimate of drug-likeness (QED) is 0.765. The normalized spacial score (nSPS) is 26.5. The van der Waals surface area contributed by atoms with Gasteiger partial charge in [-0.05, 0) is 52.0 Å². The molecule has 0 aromatic heterocycles. The van der Waals surface area contributed by atoms with Crippen LogP contribution in [-0.2, 0) is 0 Å². The summed E-state index contributed by atoms with van der Waals surface area (Å²) in [4.78, 5) is 2.72. The highest BCUT2D eigenvalue weighted by Gasteiger charge is 2.32. The molecule has 18 heavy (non-hydrogen) atoms. The van der Waals surface area contributed by atoms with Crippen LogP contribution in [0.25, 0.3) is 0 Å². The lowest BCUT2D eigenvalue weighted by Gasteiger charge is -2.43. The first-order chi connectivity index (χ1) is 8.60. The second-order valence-electron chi connectivity index (χ2n) is 5.69. The van der Waals surface area contributed by atoms with Crippen molar-refractivity contribution in [2.24, 2.45) is 0 Å². The van der Waals surface area contributed by atoms with Crippen molar-refractivity contribution >= 4 is 11.8 Å². The minimum atomic E-state index is 0.472. The topological polar surface area (TPSA) is 15.3 Å². The number of piperidine rings is 1. The summed E-state index contributed by atoms with van der Waals surface area (Å²) in [5.41, 5.74) is 0. The first-order valence-electron chi connectivity index (χ1n) is 7.63. The van der Waals surface area contributed by atoms with Gasteiger partial charge in [0.05, 0.1) is 0 Å². The van der Waals surface area contributed by atoms with Crippen LogP contribution in [0.3, 0.4) is 0 Å². The van der Waals surface area contributed by atoms with Crippen LogP contribution < -0.4 is 5.32 Å². The minimum Gasteiger partial charge on any atom is -0.314 e. The molecule has 2 nitrogen and oxygen atoms in total. The minimum absolute atomic E-state index is 0.472. The lowest BCUT2D eigenvalue weighted by molar-refractivity contribution is 0.121. The Morgan fingerprint density at radius 3 is 2.39 bits per heavy atom. The van der Waals surface area contributed by atoms with E-state index in [4.69, 9.17) is 0 Å². The lowest BCUT2D eigenvalue weighted by Crippen LogP contribution is -2.51. The number of nitrogens with one attached hydrogen (secondary N) is 1. The number of nitrogens with zero attached hydrogens (tertiary/aromatic N) is 1. The van der Waals surface area contributed by atoms with Gasteiger partial charge < -0.3 is 5.32 Å². The fourth-order valence-electron chi connectivity index (χ4n) is 3.13. The molecule has 0 aliphatic carbocycles. The van der Waals surface area contributed by atoms with Gasteiger partial charge in [0, 0.05) is 23.4 Å². The van der Waals surface area contributed by atoms with Crippen molar-refractivity contribution in [1.29, 1.82) is 0 Å². The van der Waals surface area contributed by atoms with Gasteiger partial charge >= 0.3 is 0 Å². The summed E-state index contributed by atoms with van der Waals surface area (Å²) in [6, 6.07) is 1.47. The van der Waals surface area contributed by atoms with E-state index < -0.39 is 0 Å². The second kappa shape index (κ2) is 7.76. The Bertz CT molecular complexity index is 220. The molecule has 3 heteroatoms. The Morgan fingerprint density at radius 2 is 1.94 bits per heavy atom. The van der Waals surface area contributed by atoms with E-state index in [2.05, 4.69) is 55.9 Å². The van der Waals surface area contributed by atoms with Crippen LogP contribution in [0.2, 0.25) is 0 Å². The molecule has 0 spiro atoms. The van der Waals surface area contributed by atoms with Gasteiger partial charge in [0.1, 0.15) is 0 Å². The van der Waals surface area contributed by atoms with E-state index >= 15 is 0 Å². The van der Waals surface area contributed by atoms with Gasteiger partial charge in [-0.25, -0.2) is 0 Å². The van der Waals surface area contributed by atoms with E-state index in [0.29, 0.717) is 4.75 Å². The number of hydrogen-bond donors (Lipinski definition) is 1. The van der Waals surface area contributed by atoms with E-state index in [0.717, 1.165) is 18.6 Å². The number of hydrogen-bond acceptors (Lipinski definition) is 3. The van der Waals surface area contributed by atoms with Crippen LogP contribution in [0.1, 0.15) is 53.4 Å². The third-order valence-electron chi connectivity index (χ3n) is 4.72. The van der Waals surface area contributed by atoms with Gasteiger partial charge in [-0.3, -0.25) is 4.90 Å². The molecular formula is C15H32N2S. The summed E-state index contributed by atoms with van der Waals surface area (Å²) >= 11 is 2.07. The Morgan fingerprint density at radius 1 is 1.28 bits per heavy atom.